The van der Waals surface area contributed by atoms with Crippen molar-refractivity contribution in [1.82, 2.24) is 4.31 Å². The summed E-state index contributed by atoms with van der Waals surface area (Å²) < 4.78 is 27.7. The number of sulfonamides is 1. The van der Waals surface area contributed by atoms with E-state index in [1.165, 1.54) is 10.4 Å². The number of halogens is 1. The highest BCUT2D eigenvalue weighted by Crippen LogP contribution is 2.23. The van der Waals surface area contributed by atoms with Crippen molar-refractivity contribution in [2.24, 2.45) is 0 Å². The van der Waals surface area contributed by atoms with E-state index in [0.717, 1.165) is 15.6 Å². The van der Waals surface area contributed by atoms with Crippen LogP contribution in [0.15, 0.2) is 51.8 Å². The SMILES string of the molecule is CCN(CC)S(=O)(=O)c1ccc(C)c(NC(=O)Cc2ccc(Br)cc2)c1. The largest absolute Gasteiger partial charge is 0.326 e. The summed E-state index contributed by atoms with van der Waals surface area (Å²) in [5, 5.41) is 2.83. The molecule has 5 nitrogen and oxygen atoms in total. The summed E-state index contributed by atoms with van der Waals surface area (Å²) in [6.45, 7) is 6.24. The zero-order valence-corrected chi connectivity index (χ0v) is 17.5. The molecule has 0 bridgehead atoms. The van der Waals surface area contributed by atoms with Gasteiger partial charge < -0.3 is 5.32 Å². The van der Waals surface area contributed by atoms with Crippen molar-refractivity contribution >= 4 is 37.5 Å². The van der Waals surface area contributed by atoms with E-state index in [2.05, 4.69) is 21.2 Å². The Bertz CT molecular complexity index is 876. The number of nitrogens with one attached hydrogen (secondary N) is 1. The molecule has 26 heavy (non-hydrogen) atoms. The Labute approximate surface area is 163 Å². The van der Waals surface area contributed by atoms with Gasteiger partial charge in [-0.1, -0.05) is 48.0 Å². The van der Waals surface area contributed by atoms with Gasteiger partial charge in [-0.15, -0.1) is 0 Å². The zero-order valence-electron chi connectivity index (χ0n) is 15.1. The number of hydrogen-bond acceptors (Lipinski definition) is 3. The molecule has 0 aromatic heterocycles. The maximum absolute atomic E-state index is 12.7. The quantitative estimate of drug-likeness (QED) is 0.710. The molecule has 0 aliphatic rings. The first-order valence-corrected chi connectivity index (χ1v) is 10.7. The minimum absolute atomic E-state index is 0.186. The third-order valence-corrected chi connectivity index (χ3v) is 6.68. The predicted octanol–water partition coefficient (Wildman–Crippen LogP) is 3.97. The van der Waals surface area contributed by atoms with Gasteiger partial charge in [-0.2, -0.15) is 4.31 Å². The van der Waals surface area contributed by atoms with Crippen LogP contribution in [0.2, 0.25) is 0 Å². The number of nitrogens with zero attached hydrogens (tertiary/aromatic N) is 1. The van der Waals surface area contributed by atoms with Crippen LogP contribution in [0.4, 0.5) is 5.69 Å². The number of carbonyl (C=O) groups excluding carboxylic acids is 1. The van der Waals surface area contributed by atoms with Crippen molar-refractivity contribution in [2.75, 3.05) is 18.4 Å². The number of anilines is 1. The third-order valence-electron chi connectivity index (χ3n) is 4.10. The Hall–Kier alpha value is -1.70. The summed E-state index contributed by atoms with van der Waals surface area (Å²) in [7, 11) is -3.56. The first-order valence-electron chi connectivity index (χ1n) is 8.43. The number of benzene rings is 2. The van der Waals surface area contributed by atoms with Crippen LogP contribution < -0.4 is 5.32 Å². The molecule has 0 spiro atoms. The molecule has 0 radical (unpaired) electrons. The lowest BCUT2D eigenvalue weighted by molar-refractivity contribution is -0.115. The first-order chi connectivity index (χ1) is 12.3. The fraction of sp³-hybridized carbons (Fsp3) is 0.316. The van der Waals surface area contributed by atoms with Crippen LogP contribution in [0, 0.1) is 6.92 Å². The van der Waals surface area contributed by atoms with Gasteiger partial charge in [-0.05, 0) is 42.3 Å². The van der Waals surface area contributed by atoms with Crippen LogP contribution in [0.3, 0.4) is 0 Å². The van der Waals surface area contributed by atoms with Gasteiger partial charge in [0.25, 0.3) is 0 Å². The number of rotatable bonds is 7. The highest BCUT2D eigenvalue weighted by atomic mass is 79.9. The maximum atomic E-state index is 12.7. The van der Waals surface area contributed by atoms with E-state index < -0.39 is 10.0 Å². The molecular formula is C19H23BrN2O3S. The molecule has 2 aromatic carbocycles. The molecule has 0 aliphatic carbocycles. The van der Waals surface area contributed by atoms with Gasteiger partial charge in [0.15, 0.2) is 0 Å². The van der Waals surface area contributed by atoms with E-state index >= 15 is 0 Å². The lowest BCUT2D eigenvalue weighted by Gasteiger charge is -2.19. The van der Waals surface area contributed by atoms with Gasteiger partial charge in [-0.3, -0.25) is 4.79 Å². The van der Waals surface area contributed by atoms with Crippen LogP contribution in [0.5, 0.6) is 0 Å². The maximum Gasteiger partial charge on any atom is 0.243 e. The molecule has 0 saturated heterocycles. The van der Waals surface area contributed by atoms with Crippen LogP contribution >= 0.6 is 15.9 Å². The summed E-state index contributed by atoms with van der Waals surface area (Å²) >= 11 is 3.36. The predicted molar refractivity (Wildman–Crippen MR) is 108 cm³/mol. The molecule has 1 N–H and O–H groups in total. The van der Waals surface area contributed by atoms with Gasteiger partial charge in [0.1, 0.15) is 0 Å². The van der Waals surface area contributed by atoms with Crippen molar-refractivity contribution in [3.63, 3.8) is 0 Å². The fourth-order valence-corrected chi connectivity index (χ4v) is 4.34. The summed E-state index contributed by atoms with van der Waals surface area (Å²) in [5.41, 5.74) is 2.21. The van der Waals surface area contributed by atoms with E-state index in [1.54, 1.807) is 26.0 Å². The summed E-state index contributed by atoms with van der Waals surface area (Å²) in [6, 6.07) is 12.3. The smallest absolute Gasteiger partial charge is 0.243 e. The van der Waals surface area contributed by atoms with Crippen molar-refractivity contribution in [1.29, 1.82) is 0 Å². The minimum Gasteiger partial charge on any atom is -0.326 e. The van der Waals surface area contributed by atoms with E-state index in [-0.39, 0.29) is 17.2 Å². The Balaban J connectivity index is 2.21. The molecule has 0 heterocycles. The Morgan fingerprint density at radius 2 is 1.69 bits per heavy atom. The molecule has 0 fully saturated rings. The van der Waals surface area contributed by atoms with Crippen molar-refractivity contribution in [3.8, 4) is 0 Å². The fourth-order valence-electron chi connectivity index (χ4n) is 2.59. The third kappa shape index (κ3) is 4.93. The summed E-state index contributed by atoms with van der Waals surface area (Å²) in [6.07, 6.45) is 0.222. The number of carbonyl (C=O) groups is 1. The Morgan fingerprint density at radius 3 is 2.27 bits per heavy atom. The van der Waals surface area contributed by atoms with Gasteiger partial charge in [-0.25, -0.2) is 8.42 Å². The van der Waals surface area contributed by atoms with Gasteiger partial charge in [0.05, 0.1) is 11.3 Å². The molecule has 0 unspecified atom stereocenters. The average Bonchev–Trinajstić information content (AvgIpc) is 2.59. The first kappa shape index (κ1) is 20.6. The molecule has 140 valence electrons. The second kappa shape index (κ2) is 8.79. The summed E-state index contributed by atoms with van der Waals surface area (Å²) in [4.78, 5) is 12.5. The molecule has 7 heteroatoms. The second-order valence-corrected chi connectivity index (χ2v) is 8.77. The van der Waals surface area contributed by atoms with E-state index in [4.69, 9.17) is 0 Å². The van der Waals surface area contributed by atoms with Crippen molar-refractivity contribution < 1.29 is 13.2 Å². The molecule has 2 rings (SSSR count). The number of amides is 1. The van der Waals surface area contributed by atoms with Crippen LogP contribution in [0.25, 0.3) is 0 Å². The van der Waals surface area contributed by atoms with E-state index in [1.807, 2.05) is 31.2 Å². The minimum atomic E-state index is -3.56. The van der Waals surface area contributed by atoms with Gasteiger partial charge in [0.2, 0.25) is 15.9 Å². The zero-order chi connectivity index (χ0) is 19.3. The Morgan fingerprint density at radius 1 is 1.08 bits per heavy atom. The van der Waals surface area contributed by atoms with Crippen LogP contribution in [-0.2, 0) is 21.2 Å². The van der Waals surface area contributed by atoms with Crippen molar-refractivity contribution in [3.05, 3.63) is 58.1 Å². The van der Waals surface area contributed by atoms with Gasteiger partial charge in [0, 0.05) is 23.2 Å². The van der Waals surface area contributed by atoms with Crippen molar-refractivity contribution in [2.45, 2.75) is 32.1 Å². The lowest BCUT2D eigenvalue weighted by atomic mass is 10.1. The standard InChI is InChI=1S/C19H23BrN2O3S/c1-4-22(5-2)26(24,25)17-11-6-14(3)18(13-17)21-19(23)12-15-7-9-16(20)10-8-15/h6-11,13H,4-5,12H2,1-3H3,(H,21,23). The van der Waals surface area contributed by atoms with Gasteiger partial charge >= 0.3 is 0 Å². The molecule has 0 saturated carbocycles. The van der Waals surface area contributed by atoms with Crippen LogP contribution in [0.1, 0.15) is 25.0 Å². The summed E-state index contributed by atoms with van der Waals surface area (Å²) in [5.74, 6) is -0.187. The molecule has 0 aliphatic heterocycles. The monoisotopic (exact) mass is 438 g/mol. The average molecular weight is 439 g/mol. The molecule has 2 aromatic rings. The van der Waals surface area contributed by atoms with E-state index in [9.17, 15) is 13.2 Å². The highest BCUT2D eigenvalue weighted by Gasteiger charge is 2.22. The topological polar surface area (TPSA) is 66.5 Å². The Kier molecular flexibility index (Phi) is 6.97. The molecular weight excluding hydrogens is 416 g/mol. The van der Waals surface area contributed by atoms with Crippen LogP contribution in [-0.4, -0.2) is 31.7 Å². The number of hydrogen-bond donors (Lipinski definition) is 1. The lowest BCUT2D eigenvalue weighted by Crippen LogP contribution is -2.30. The highest BCUT2D eigenvalue weighted by molar-refractivity contribution is 9.10. The second-order valence-electron chi connectivity index (χ2n) is 5.92. The number of aryl methyl sites for hydroxylation is 1. The van der Waals surface area contributed by atoms with E-state index in [0.29, 0.717) is 18.8 Å². The normalized spacial score (nSPS) is 11.6. The molecule has 0 atom stereocenters. The molecule has 1 amide bonds.